The predicted molar refractivity (Wildman–Crippen MR) is 86.3 cm³/mol. The summed E-state index contributed by atoms with van der Waals surface area (Å²) in [5, 5.41) is 13.3. The van der Waals surface area contributed by atoms with Crippen molar-refractivity contribution in [2.45, 2.75) is 64.3 Å². The molecule has 1 aromatic carbocycles. The van der Waals surface area contributed by atoms with Crippen molar-refractivity contribution in [3.8, 4) is 0 Å². The predicted octanol–water partition coefficient (Wildman–Crippen LogP) is 2.65. The molecule has 1 aliphatic rings. The van der Waals surface area contributed by atoms with Crippen LogP contribution in [0, 0.1) is 5.92 Å². The summed E-state index contributed by atoms with van der Waals surface area (Å²) >= 11 is 0. The zero-order valence-corrected chi connectivity index (χ0v) is 13.5. The first kappa shape index (κ1) is 17.0. The number of hydrogen-bond acceptors (Lipinski definition) is 4. The van der Waals surface area contributed by atoms with Crippen molar-refractivity contribution in [1.29, 1.82) is 0 Å². The number of aliphatic hydroxyl groups is 1. The van der Waals surface area contributed by atoms with Crippen LogP contribution in [0.1, 0.15) is 45.1 Å². The Bertz CT molecular complexity index is 463. The van der Waals surface area contributed by atoms with E-state index in [1.165, 1.54) is 0 Å². The van der Waals surface area contributed by atoms with E-state index in [-0.39, 0.29) is 30.1 Å². The second-order valence-corrected chi connectivity index (χ2v) is 6.23. The summed E-state index contributed by atoms with van der Waals surface area (Å²) in [6.07, 6.45) is 3.27. The van der Waals surface area contributed by atoms with E-state index < -0.39 is 0 Å². The van der Waals surface area contributed by atoms with E-state index in [9.17, 15) is 9.90 Å². The SMILES string of the molecule is CC[C@H](C)[C@H](NC1CCCC1O)C(=O)OCc1ccccc1. The number of carbonyl (C=O) groups excluding carboxylic acids is 1. The highest BCUT2D eigenvalue weighted by atomic mass is 16.5. The van der Waals surface area contributed by atoms with Crippen LogP contribution in [0.15, 0.2) is 30.3 Å². The topological polar surface area (TPSA) is 58.6 Å². The number of aliphatic hydroxyl groups excluding tert-OH is 1. The van der Waals surface area contributed by atoms with Gasteiger partial charge in [0.05, 0.1) is 6.10 Å². The molecule has 0 bridgehead atoms. The lowest BCUT2D eigenvalue weighted by atomic mass is 9.97. The Morgan fingerprint density at radius 3 is 2.68 bits per heavy atom. The van der Waals surface area contributed by atoms with Gasteiger partial charge in [0.2, 0.25) is 0 Å². The Labute approximate surface area is 132 Å². The number of rotatable bonds is 7. The molecule has 4 atom stereocenters. The Balaban J connectivity index is 1.93. The molecule has 2 rings (SSSR count). The van der Waals surface area contributed by atoms with Gasteiger partial charge in [-0.3, -0.25) is 10.1 Å². The number of hydrogen-bond donors (Lipinski definition) is 2. The molecule has 4 heteroatoms. The van der Waals surface area contributed by atoms with Crippen LogP contribution in [-0.4, -0.2) is 29.3 Å². The summed E-state index contributed by atoms with van der Waals surface area (Å²) in [6.45, 7) is 4.40. The number of esters is 1. The summed E-state index contributed by atoms with van der Waals surface area (Å²) < 4.78 is 5.48. The molecular weight excluding hydrogens is 278 g/mol. The number of benzene rings is 1. The molecule has 0 aromatic heterocycles. The largest absolute Gasteiger partial charge is 0.460 e. The molecule has 0 heterocycles. The summed E-state index contributed by atoms with van der Waals surface area (Å²) in [5.41, 5.74) is 0.986. The van der Waals surface area contributed by atoms with Gasteiger partial charge in [-0.05, 0) is 30.7 Å². The highest BCUT2D eigenvalue weighted by Gasteiger charge is 2.33. The maximum atomic E-state index is 12.4. The first-order chi connectivity index (χ1) is 10.6. The van der Waals surface area contributed by atoms with Gasteiger partial charge < -0.3 is 9.84 Å². The van der Waals surface area contributed by atoms with Crippen LogP contribution in [-0.2, 0) is 16.1 Å². The average Bonchev–Trinajstić information content (AvgIpc) is 2.95. The minimum Gasteiger partial charge on any atom is -0.460 e. The fourth-order valence-electron chi connectivity index (χ4n) is 2.88. The van der Waals surface area contributed by atoms with Gasteiger partial charge in [-0.2, -0.15) is 0 Å². The lowest BCUT2D eigenvalue weighted by molar-refractivity contribution is -0.149. The van der Waals surface area contributed by atoms with Crippen molar-refractivity contribution in [2.75, 3.05) is 0 Å². The van der Waals surface area contributed by atoms with Gasteiger partial charge in [-0.15, -0.1) is 0 Å². The van der Waals surface area contributed by atoms with E-state index in [1.807, 2.05) is 37.3 Å². The zero-order chi connectivity index (χ0) is 15.9. The molecule has 22 heavy (non-hydrogen) atoms. The third-order valence-electron chi connectivity index (χ3n) is 4.56. The quantitative estimate of drug-likeness (QED) is 0.760. The Morgan fingerprint density at radius 1 is 1.36 bits per heavy atom. The normalized spacial score (nSPS) is 24.0. The van der Waals surface area contributed by atoms with Gasteiger partial charge in [-0.1, -0.05) is 50.6 Å². The monoisotopic (exact) mass is 305 g/mol. The minimum absolute atomic E-state index is 0.00303. The summed E-state index contributed by atoms with van der Waals surface area (Å²) in [5.74, 6) is -0.0478. The van der Waals surface area contributed by atoms with Crippen LogP contribution in [0.3, 0.4) is 0 Å². The third-order valence-corrected chi connectivity index (χ3v) is 4.56. The van der Waals surface area contributed by atoms with E-state index >= 15 is 0 Å². The van der Waals surface area contributed by atoms with Crippen LogP contribution >= 0.6 is 0 Å². The molecular formula is C18H27NO3. The molecule has 0 amide bonds. The van der Waals surface area contributed by atoms with E-state index in [0.29, 0.717) is 6.61 Å². The summed E-state index contributed by atoms with van der Waals surface area (Å²) in [7, 11) is 0. The first-order valence-corrected chi connectivity index (χ1v) is 8.26. The van der Waals surface area contributed by atoms with Crippen molar-refractivity contribution in [2.24, 2.45) is 5.92 Å². The average molecular weight is 305 g/mol. The fraction of sp³-hybridized carbons (Fsp3) is 0.611. The van der Waals surface area contributed by atoms with Crippen molar-refractivity contribution in [1.82, 2.24) is 5.32 Å². The maximum absolute atomic E-state index is 12.4. The van der Waals surface area contributed by atoms with Crippen molar-refractivity contribution in [3.63, 3.8) is 0 Å². The molecule has 0 saturated heterocycles. The molecule has 0 radical (unpaired) electrons. The van der Waals surface area contributed by atoms with Gasteiger partial charge in [0.1, 0.15) is 12.6 Å². The third kappa shape index (κ3) is 4.55. The van der Waals surface area contributed by atoms with Gasteiger partial charge in [-0.25, -0.2) is 0 Å². The highest BCUT2D eigenvalue weighted by Crippen LogP contribution is 2.21. The second kappa shape index (κ2) is 8.30. The molecule has 1 saturated carbocycles. The number of nitrogens with one attached hydrogen (secondary N) is 1. The molecule has 1 aliphatic carbocycles. The van der Waals surface area contributed by atoms with Gasteiger partial charge >= 0.3 is 5.97 Å². The van der Waals surface area contributed by atoms with Crippen LogP contribution < -0.4 is 5.32 Å². The maximum Gasteiger partial charge on any atom is 0.323 e. The second-order valence-electron chi connectivity index (χ2n) is 6.23. The lowest BCUT2D eigenvalue weighted by Gasteiger charge is -2.27. The zero-order valence-electron chi connectivity index (χ0n) is 13.5. The molecule has 2 N–H and O–H groups in total. The van der Waals surface area contributed by atoms with Crippen molar-refractivity contribution < 1.29 is 14.6 Å². The molecule has 122 valence electrons. The smallest absolute Gasteiger partial charge is 0.323 e. The number of carbonyl (C=O) groups is 1. The molecule has 2 unspecified atom stereocenters. The standard InChI is InChI=1S/C18H27NO3/c1-3-13(2)17(19-15-10-7-11-16(15)20)18(21)22-12-14-8-5-4-6-9-14/h4-6,8-9,13,15-17,19-20H,3,7,10-12H2,1-2H3/t13-,15?,16?,17-/m0/s1. The van der Waals surface area contributed by atoms with Gasteiger partial charge in [0.25, 0.3) is 0 Å². The minimum atomic E-state index is -0.355. The van der Waals surface area contributed by atoms with Crippen molar-refractivity contribution in [3.05, 3.63) is 35.9 Å². The van der Waals surface area contributed by atoms with Crippen molar-refractivity contribution >= 4 is 5.97 Å². The Hall–Kier alpha value is -1.39. The highest BCUT2D eigenvalue weighted by molar-refractivity contribution is 5.76. The molecule has 0 spiro atoms. The molecule has 1 aromatic rings. The van der Waals surface area contributed by atoms with Crippen LogP contribution in [0.4, 0.5) is 0 Å². The van der Waals surface area contributed by atoms with Gasteiger partial charge in [0, 0.05) is 6.04 Å². The summed E-state index contributed by atoms with van der Waals surface area (Å²) in [4.78, 5) is 12.4. The van der Waals surface area contributed by atoms with Gasteiger partial charge in [0.15, 0.2) is 0 Å². The van der Waals surface area contributed by atoms with E-state index in [0.717, 1.165) is 31.2 Å². The fourth-order valence-corrected chi connectivity index (χ4v) is 2.88. The van der Waals surface area contributed by atoms with E-state index in [1.54, 1.807) is 0 Å². The molecule has 1 fully saturated rings. The summed E-state index contributed by atoms with van der Waals surface area (Å²) in [6, 6.07) is 9.34. The molecule has 4 nitrogen and oxygen atoms in total. The van der Waals surface area contributed by atoms with Crippen LogP contribution in [0.25, 0.3) is 0 Å². The lowest BCUT2D eigenvalue weighted by Crippen LogP contribution is -2.50. The Morgan fingerprint density at radius 2 is 2.09 bits per heavy atom. The first-order valence-electron chi connectivity index (χ1n) is 8.26. The number of ether oxygens (including phenoxy) is 1. The van der Waals surface area contributed by atoms with E-state index in [4.69, 9.17) is 4.74 Å². The van der Waals surface area contributed by atoms with E-state index in [2.05, 4.69) is 12.2 Å². The molecule has 0 aliphatic heterocycles. The Kier molecular flexibility index (Phi) is 6.40. The van der Waals surface area contributed by atoms with Crippen LogP contribution in [0.5, 0.6) is 0 Å². The van der Waals surface area contributed by atoms with Crippen LogP contribution in [0.2, 0.25) is 0 Å².